The maximum absolute atomic E-state index is 12.8. The molecule has 0 unspecified atom stereocenters. The summed E-state index contributed by atoms with van der Waals surface area (Å²) in [5.41, 5.74) is 3.03. The van der Waals surface area contributed by atoms with E-state index in [2.05, 4.69) is 4.98 Å². The van der Waals surface area contributed by atoms with Crippen LogP contribution in [0.2, 0.25) is 0 Å². The highest BCUT2D eigenvalue weighted by molar-refractivity contribution is 7.98. The highest BCUT2D eigenvalue weighted by atomic mass is 32.2. The molecule has 0 saturated carbocycles. The van der Waals surface area contributed by atoms with Gasteiger partial charge >= 0.3 is 0 Å². The molecular formula is C17H15N3OS. The van der Waals surface area contributed by atoms with Gasteiger partial charge < -0.3 is 0 Å². The number of hydrogen-bond donors (Lipinski definition) is 0. The second-order valence-electron chi connectivity index (χ2n) is 4.79. The molecule has 4 nitrogen and oxygen atoms in total. The fourth-order valence-electron chi connectivity index (χ4n) is 2.35. The van der Waals surface area contributed by atoms with Gasteiger partial charge in [-0.25, -0.2) is 4.98 Å². The van der Waals surface area contributed by atoms with Gasteiger partial charge in [-0.05, 0) is 24.0 Å². The van der Waals surface area contributed by atoms with Crippen LogP contribution in [0.25, 0.3) is 22.4 Å². The average molecular weight is 309 g/mol. The summed E-state index contributed by atoms with van der Waals surface area (Å²) in [7, 11) is 1.75. The van der Waals surface area contributed by atoms with E-state index in [4.69, 9.17) is 4.98 Å². The number of aromatic nitrogens is 3. The second kappa shape index (κ2) is 6.15. The predicted octanol–water partition coefficient (Wildman–Crippen LogP) is 3.23. The van der Waals surface area contributed by atoms with Gasteiger partial charge in [-0.3, -0.25) is 14.3 Å². The normalized spacial score (nSPS) is 10.6. The van der Waals surface area contributed by atoms with Gasteiger partial charge in [0, 0.05) is 25.0 Å². The summed E-state index contributed by atoms with van der Waals surface area (Å²) in [5, 5.41) is 0.691. The van der Waals surface area contributed by atoms with E-state index in [1.807, 2.05) is 48.7 Å². The molecule has 5 heteroatoms. The lowest BCUT2D eigenvalue weighted by Crippen LogP contribution is -2.22. The minimum absolute atomic E-state index is 0.0441. The lowest BCUT2D eigenvalue weighted by molar-refractivity contribution is 0.715. The van der Waals surface area contributed by atoms with E-state index in [0.29, 0.717) is 16.4 Å². The van der Waals surface area contributed by atoms with Crippen LogP contribution in [0.4, 0.5) is 0 Å². The lowest BCUT2D eigenvalue weighted by Gasteiger charge is -2.13. The minimum Gasteiger partial charge on any atom is -0.290 e. The van der Waals surface area contributed by atoms with Crippen LogP contribution in [0.3, 0.4) is 0 Å². The molecule has 110 valence electrons. The van der Waals surface area contributed by atoms with E-state index in [1.165, 1.54) is 11.8 Å². The largest absolute Gasteiger partial charge is 0.290 e. The number of nitrogens with zero attached hydrogens (tertiary/aromatic N) is 3. The number of hydrogen-bond acceptors (Lipinski definition) is 4. The Balaban J connectivity index is 2.37. The molecule has 0 bridgehead atoms. The Bertz CT molecular complexity index is 845. The lowest BCUT2D eigenvalue weighted by atomic mass is 10.0. The van der Waals surface area contributed by atoms with E-state index < -0.39 is 0 Å². The first kappa shape index (κ1) is 14.5. The Labute approximate surface area is 132 Å². The topological polar surface area (TPSA) is 47.8 Å². The molecule has 0 fully saturated rings. The third-order valence-corrected chi connectivity index (χ3v) is 4.18. The van der Waals surface area contributed by atoms with Gasteiger partial charge in [0.25, 0.3) is 5.56 Å². The first-order valence-corrected chi connectivity index (χ1v) is 8.05. The Kier molecular flexibility index (Phi) is 4.06. The van der Waals surface area contributed by atoms with Gasteiger partial charge in [0.1, 0.15) is 0 Å². The third-order valence-electron chi connectivity index (χ3n) is 3.45. The molecule has 22 heavy (non-hydrogen) atoms. The van der Waals surface area contributed by atoms with Crippen molar-refractivity contribution in [1.82, 2.24) is 14.5 Å². The molecule has 0 amide bonds. The van der Waals surface area contributed by atoms with Crippen molar-refractivity contribution in [2.45, 2.75) is 5.16 Å². The van der Waals surface area contributed by atoms with Gasteiger partial charge in [-0.15, -0.1) is 0 Å². The summed E-state index contributed by atoms with van der Waals surface area (Å²) in [4.78, 5) is 21.6. The zero-order valence-corrected chi connectivity index (χ0v) is 13.2. The van der Waals surface area contributed by atoms with Crippen LogP contribution >= 0.6 is 11.8 Å². The van der Waals surface area contributed by atoms with Crippen molar-refractivity contribution in [1.29, 1.82) is 0 Å². The summed E-state index contributed by atoms with van der Waals surface area (Å²) in [6.07, 6.45) is 5.34. The quantitative estimate of drug-likeness (QED) is 0.550. The van der Waals surface area contributed by atoms with Crippen LogP contribution in [-0.4, -0.2) is 20.8 Å². The molecule has 0 saturated heterocycles. The zero-order chi connectivity index (χ0) is 15.5. The van der Waals surface area contributed by atoms with Crippen LogP contribution in [0, 0.1) is 0 Å². The van der Waals surface area contributed by atoms with Gasteiger partial charge in [-0.2, -0.15) is 0 Å². The number of benzene rings is 1. The standard InChI is InChI=1S/C17H15N3OS/c1-20-16(21)14(12-6-4-3-5-7-12)15(19-17(20)22-2)13-8-10-18-11-9-13/h3-11H,1-2H3. The molecule has 1 aromatic carbocycles. The average Bonchev–Trinajstić information content (AvgIpc) is 2.58. The molecule has 0 spiro atoms. The van der Waals surface area contributed by atoms with Gasteiger partial charge in [0.2, 0.25) is 0 Å². The monoisotopic (exact) mass is 309 g/mol. The fraction of sp³-hybridized carbons (Fsp3) is 0.118. The number of rotatable bonds is 3. The predicted molar refractivity (Wildman–Crippen MR) is 89.9 cm³/mol. The number of thioether (sulfide) groups is 1. The van der Waals surface area contributed by atoms with Crippen LogP contribution in [0.1, 0.15) is 0 Å². The van der Waals surface area contributed by atoms with Crippen molar-refractivity contribution in [2.75, 3.05) is 6.26 Å². The van der Waals surface area contributed by atoms with Crippen LogP contribution in [0.5, 0.6) is 0 Å². The number of pyridine rings is 1. The highest BCUT2D eigenvalue weighted by Crippen LogP contribution is 2.28. The summed E-state index contributed by atoms with van der Waals surface area (Å²) in [6.45, 7) is 0. The molecule has 0 atom stereocenters. The maximum Gasteiger partial charge on any atom is 0.262 e. The molecule has 0 aliphatic heterocycles. The molecular weight excluding hydrogens is 294 g/mol. The Morgan fingerprint density at radius 3 is 2.32 bits per heavy atom. The Morgan fingerprint density at radius 2 is 1.68 bits per heavy atom. The van der Waals surface area contributed by atoms with Crippen LogP contribution in [-0.2, 0) is 7.05 Å². The van der Waals surface area contributed by atoms with E-state index in [0.717, 1.165) is 11.1 Å². The molecule has 0 radical (unpaired) electrons. The van der Waals surface area contributed by atoms with Gasteiger partial charge in [-0.1, -0.05) is 42.1 Å². The molecule has 2 heterocycles. The third kappa shape index (κ3) is 2.55. The fourth-order valence-corrected chi connectivity index (χ4v) is 2.89. The SMILES string of the molecule is CSc1nc(-c2ccncc2)c(-c2ccccc2)c(=O)n1C. The second-order valence-corrected chi connectivity index (χ2v) is 5.56. The van der Waals surface area contributed by atoms with Gasteiger partial charge in [0.05, 0.1) is 11.3 Å². The maximum atomic E-state index is 12.8. The van der Waals surface area contributed by atoms with E-state index in [-0.39, 0.29) is 5.56 Å². The Hall–Kier alpha value is -2.40. The van der Waals surface area contributed by atoms with Gasteiger partial charge in [0.15, 0.2) is 5.16 Å². The zero-order valence-electron chi connectivity index (χ0n) is 12.4. The highest BCUT2D eigenvalue weighted by Gasteiger charge is 2.17. The van der Waals surface area contributed by atoms with Crippen molar-refractivity contribution < 1.29 is 0 Å². The van der Waals surface area contributed by atoms with Crippen molar-refractivity contribution in [3.05, 3.63) is 65.2 Å². The molecule has 2 aromatic heterocycles. The summed E-state index contributed by atoms with van der Waals surface area (Å²) >= 11 is 1.46. The summed E-state index contributed by atoms with van der Waals surface area (Å²) in [5.74, 6) is 0. The molecule has 0 aliphatic rings. The van der Waals surface area contributed by atoms with E-state index >= 15 is 0 Å². The minimum atomic E-state index is -0.0441. The molecule has 3 rings (SSSR count). The summed E-state index contributed by atoms with van der Waals surface area (Å²) < 4.78 is 1.59. The first-order valence-electron chi connectivity index (χ1n) is 6.83. The van der Waals surface area contributed by atoms with Crippen molar-refractivity contribution >= 4 is 11.8 Å². The molecule has 0 N–H and O–H groups in total. The first-order chi connectivity index (χ1) is 10.7. The van der Waals surface area contributed by atoms with Crippen molar-refractivity contribution in [3.63, 3.8) is 0 Å². The summed E-state index contributed by atoms with van der Waals surface area (Å²) in [6, 6.07) is 13.4. The Morgan fingerprint density at radius 1 is 1.00 bits per heavy atom. The molecule has 3 aromatic rings. The van der Waals surface area contributed by atoms with Crippen LogP contribution < -0.4 is 5.56 Å². The van der Waals surface area contributed by atoms with Crippen molar-refractivity contribution in [3.8, 4) is 22.4 Å². The van der Waals surface area contributed by atoms with E-state index in [9.17, 15) is 4.79 Å². The van der Waals surface area contributed by atoms with Crippen molar-refractivity contribution in [2.24, 2.45) is 7.05 Å². The van der Waals surface area contributed by atoms with E-state index in [1.54, 1.807) is 24.0 Å². The van der Waals surface area contributed by atoms with Crippen LogP contribution in [0.15, 0.2) is 64.8 Å². The molecule has 0 aliphatic carbocycles. The smallest absolute Gasteiger partial charge is 0.262 e.